The number of nitrogens with zero attached hydrogens (tertiary/aromatic N) is 1. The summed E-state index contributed by atoms with van der Waals surface area (Å²) in [7, 11) is 0. The van der Waals surface area contributed by atoms with E-state index in [1.807, 2.05) is 43.3 Å². The Hall–Kier alpha value is -2.36. The lowest BCUT2D eigenvalue weighted by Crippen LogP contribution is -2.24. The average molecular weight is 297 g/mol. The van der Waals surface area contributed by atoms with Gasteiger partial charge in [-0.25, -0.2) is 4.39 Å². The van der Waals surface area contributed by atoms with E-state index < -0.39 is 0 Å². The molecule has 0 aliphatic heterocycles. The minimum Gasteiger partial charge on any atom is -0.370 e. The molecule has 1 aliphatic carbocycles. The van der Waals surface area contributed by atoms with E-state index in [0.717, 1.165) is 24.1 Å². The molecule has 3 nitrogen and oxygen atoms in total. The molecule has 0 bridgehead atoms. The minimum atomic E-state index is -0.205. The van der Waals surface area contributed by atoms with Crippen molar-refractivity contribution in [1.29, 1.82) is 0 Å². The second kappa shape index (κ2) is 5.79. The van der Waals surface area contributed by atoms with Gasteiger partial charge in [0.05, 0.1) is 6.54 Å². The van der Waals surface area contributed by atoms with E-state index in [-0.39, 0.29) is 11.2 Å². The smallest absolute Gasteiger partial charge is 0.193 e. The van der Waals surface area contributed by atoms with Crippen LogP contribution in [-0.4, -0.2) is 12.5 Å². The van der Waals surface area contributed by atoms with Crippen LogP contribution in [0.2, 0.25) is 0 Å². The van der Waals surface area contributed by atoms with Crippen LogP contribution >= 0.6 is 0 Å². The molecule has 0 saturated heterocycles. The molecule has 4 heteroatoms. The van der Waals surface area contributed by atoms with Crippen LogP contribution in [0.3, 0.4) is 0 Å². The van der Waals surface area contributed by atoms with Crippen molar-refractivity contribution in [2.75, 3.05) is 11.9 Å². The van der Waals surface area contributed by atoms with Crippen molar-refractivity contribution in [2.24, 2.45) is 10.7 Å². The maximum absolute atomic E-state index is 13.0. The second-order valence-corrected chi connectivity index (χ2v) is 5.98. The number of anilines is 1. The van der Waals surface area contributed by atoms with Crippen LogP contribution in [0.1, 0.15) is 24.0 Å². The lowest BCUT2D eigenvalue weighted by molar-refractivity contribution is 0.623. The SMILES string of the molecule is Cc1ccc(NC(N)=NCC2(c3ccc(F)cc3)CC2)cc1. The van der Waals surface area contributed by atoms with E-state index in [2.05, 4.69) is 10.3 Å². The molecule has 114 valence electrons. The quantitative estimate of drug-likeness (QED) is 0.669. The Bertz CT molecular complexity index is 670. The highest BCUT2D eigenvalue weighted by molar-refractivity contribution is 5.92. The fraction of sp³-hybridized carbons (Fsp3) is 0.278. The normalized spacial score (nSPS) is 16.4. The first-order valence-corrected chi connectivity index (χ1v) is 7.47. The lowest BCUT2D eigenvalue weighted by Gasteiger charge is -2.14. The predicted octanol–water partition coefficient (Wildman–Crippen LogP) is 3.59. The van der Waals surface area contributed by atoms with E-state index in [9.17, 15) is 4.39 Å². The third kappa shape index (κ3) is 3.27. The Morgan fingerprint density at radius 3 is 2.36 bits per heavy atom. The Morgan fingerprint density at radius 2 is 1.77 bits per heavy atom. The average Bonchev–Trinajstić information content (AvgIpc) is 3.30. The van der Waals surface area contributed by atoms with Gasteiger partial charge < -0.3 is 11.1 Å². The molecular weight excluding hydrogens is 277 g/mol. The van der Waals surface area contributed by atoms with Crippen LogP contribution in [-0.2, 0) is 5.41 Å². The highest BCUT2D eigenvalue weighted by Gasteiger charge is 2.44. The Kier molecular flexibility index (Phi) is 3.84. The standard InChI is InChI=1S/C18H20FN3/c1-13-2-8-16(9-3-13)22-17(20)21-12-18(10-11-18)14-4-6-15(19)7-5-14/h2-9H,10-12H2,1H3,(H3,20,21,22). The topological polar surface area (TPSA) is 50.4 Å². The number of aliphatic imine (C=N–C) groups is 1. The summed E-state index contributed by atoms with van der Waals surface area (Å²) in [4.78, 5) is 4.46. The number of guanidine groups is 1. The van der Waals surface area contributed by atoms with E-state index in [0.29, 0.717) is 12.5 Å². The molecule has 0 heterocycles. The van der Waals surface area contributed by atoms with Crippen molar-refractivity contribution < 1.29 is 4.39 Å². The highest BCUT2D eigenvalue weighted by atomic mass is 19.1. The van der Waals surface area contributed by atoms with E-state index in [4.69, 9.17) is 5.73 Å². The molecule has 2 aromatic carbocycles. The zero-order chi connectivity index (χ0) is 15.6. The Balaban J connectivity index is 1.65. The molecule has 3 N–H and O–H groups in total. The van der Waals surface area contributed by atoms with E-state index in [1.54, 1.807) is 0 Å². The highest BCUT2D eigenvalue weighted by Crippen LogP contribution is 2.48. The molecule has 3 rings (SSSR count). The Labute approximate surface area is 130 Å². The number of hydrogen-bond acceptors (Lipinski definition) is 1. The van der Waals surface area contributed by atoms with Gasteiger partial charge in [0.2, 0.25) is 0 Å². The molecule has 2 aromatic rings. The van der Waals surface area contributed by atoms with Gasteiger partial charge in [0, 0.05) is 11.1 Å². The number of halogens is 1. The zero-order valence-electron chi connectivity index (χ0n) is 12.6. The summed E-state index contributed by atoms with van der Waals surface area (Å²) in [5.41, 5.74) is 9.27. The maximum atomic E-state index is 13.0. The molecule has 0 atom stereocenters. The second-order valence-electron chi connectivity index (χ2n) is 5.98. The monoisotopic (exact) mass is 297 g/mol. The fourth-order valence-electron chi connectivity index (χ4n) is 2.55. The molecule has 0 amide bonds. The van der Waals surface area contributed by atoms with Crippen LogP contribution in [0.25, 0.3) is 0 Å². The fourth-order valence-corrected chi connectivity index (χ4v) is 2.55. The third-order valence-electron chi connectivity index (χ3n) is 4.19. The molecule has 0 unspecified atom stereocenters. The summed E-state index contributed by atoms with van der Waals surface area (Å²) in [6, 6.07) is 14.7. The zero-order valence-corrected chi connectivity index (χ0v) is 12.6. The van der Waals surface area contributed by atoms with Crippen molar-refractivity contribution >= 4 is 11.6 Å². The number of benzene rings is 2. The number of hydrogen-bond donors (Lipinski definition) is 2. The van der Waals surface area contributed by atoms with Gasteiger partial charge >= 0.3 is 0 Å². The number of nitrogens with one attached hydrogen (secondary N) is 1. The van der Waals surface area contributed by atoms with Crippen LogP contribution in [0.4, 0.5) is 10.1 Å². The third-order valence-corrected chi connectivity index (χ3v) is 4.19. The summed E-state index contributed by atoms with van der Waals surface area (Å²) in [6.07, 6.45) is 2.14. The number of rotatable bonds is 4. The molecular formula is C18H20FN3. The van der Waals surface area contributed by atoms with Crippen LogP contribution in [0.15, 0.2) is 53.5 Å². The van der Waals surface area contributed by atoms with Gasteiger partial charge in [0.1, 0.15) is 5.82 Å². The first-order chi connectivity index (χ1) is 10.6. The van der Waals surface area contributed by atoms with Crippen LogP contribution in [0, 0.1) is 12.7 Å². The minimum absolute atomic E-state index is 0.0350. The number of aryl methyl sites for hydroxylation is 1. The predicted molar refractivity (Wildman–Crippen MR) is 88.6 cm³/mol. The molecule has 1 aliphatic rings. The number of nitrogens with two attached hydrogens (primary N) is 1. The molecule has 1 fully saturated rings. The summed E-state index contributed by atoms with van der Waals surface area (Å²) in [5.74, 6) is 0.209. The van der Waals surface area contributed by atoms with Gasteiger partial charge in [-0.05, 0) is 49.6 Å². The molecule has 0 spiro atoms. The van der Waals surface area contributed by atoms with Crippen molar-refractivity contribution in [3.8, 4) is 0 Å². The van der Waals surface area contributed by atoms with Crippen molar-refractivity contribution in [1.82, 2.24) is 0 Å². The molecule has 1 saturated carbocycles. The van der Waals surface area contributed by atoms with E-state index >= 15 is 0 Å². The van der Waals surface area contributed by atoms with E-state index in [1.165, 1.54) is 17.7 Å². The summed E-state index contributed by atoms with van der Waals surface area (Å²) in [6.45, 7) is 2.67. The van der Waals surface area contributed by atoms with Crippen molar-refractivity contribution in [3.05, 3.63) is 65.5 Å². The van der Waals surface area contributed by atoms with Gasteiger partial charge in [-0.2, -0.15) is 0 Å². The first-order valence-electron chi connectivity index (χ1n) is 7.47. The van der Waals surface area contributed by atoms with Crippen LogP contribution < -0.4 is 11.1 Å². The lowest BCUT2D eigenvalue weighted by atomic mass is 9.96. The molecule has 0 radical (unpaired) electrons. The van der Waals surface area contributed by atoms with Gasteiger partial charge in [0.25, 0.3) is 0 Å². The molecule has 0 aromatic heterocycles. The van der Waals surface area contributed by atoms with Gasteiger partial charge in [-0.15, -0.1) is 0 Å². The van der Waals surface area contributed by atoms with Crippen molar-refractivity contribution in [3.63, 3.8) is 0 Å². The molecule has 22 heavy (non-hydrogen) atoms. The first kappa shape index (κ1) is 14.6. The summed E-state index contributed by atoms with van der Waals surface area (Å²) >= 11 is 0. The van der Waals surface area contributed by atoms with Crippen molar-refractivity contribution in [2.45, 2.75) is 25.2 Å². The van der Waals surface area contributed by atoms with Gasteiger partial charge in [-0.1, -0.05) is 29.8 Å². The summed E-state index contributed by atoms with van der Waals surface area (Å²) < 4.78 is 13.0. The summed E-state index contributed by atoms with van der Waals surface area (Å²) in [5, 5.41) is 3.10. The van der Waals surface area contributed by atoms with Gasteiger partial charge in [-0.3, -0.25) is 4.99 Å². The van der Waals surface area contributed by atoms with Crippen LogP contribution in [0.5, 0.6) is 0 Å². The maximum Gasteiger partial charge on any atom is 0.193 e. The Morgan fingerprint density at radius 1 is 1.14 bits per heavy atom. The van der Waals surface area contributed by atoms with Gasteiger partial charge in [0.15, 0.2) is 5.96 Å². The largest absolute Gasteiger partial charge is 0.370 e.